The van der Waals surface area contributed by atoms with Crippen molar-refractivity contribution in [1.82, 2.24) is 0 Å². The van der Waals surface area contributed by atoms with Crippen molar-refractivity contribution in [3.8, 4) is 5.75 Å². The first-order chi connectivity index (χ1) is 14.8. The summed E-state index contributed by atoms with van der Waals surface area (Å²) in [5.74, 6) is 0.911. The summed E-state index contributed by atoms with van der Waals surface area (Å²) in [7, 11) is 0. The van der Waals surface area contributed by atoms with Gasteiger partial charge in [-0.15, -0.1) is 0 Å². The van der Waals surface area contributed by atoms with Crippen LogP contribution in [0.2, 0.25) is 0 Å². The number of oxime groups is 1. The van der Waals surface area contributed by atoms with Crippen molar-refractivity contribution in [2.24, 2.45) is 11.1 Å². The van der Waals surface area contributed by atoms with E-state index in [1.165, 1.54) is 18.6 Å². The molecule has 0 unspecified atom stereocenters. The predicted octanol–water partition coefficient (Wildman–Crippen LogP) is 6.17. The van der Waals surface area contributed by atoms with Crippen LogP contribution in [0.3, 0.4) is 0 Å². The minimum atomic E-state index is -4.35. The maximum atomic E-state index is 12.6. The van der Waals surface area contributed by atoms with Crippen molar-refractivity contribution >= 4 is 11.5 Å². The molecule has 2 aromatic carbocycles. The Morgan fingerprint density at radius 3 is 2.26 bits per heavy atom. The number of hydrogen-bond acceptors (Lipinski definition) is 4. The number of carbonyl (C=O) groups excluding carboxylic acids is 1. The van der Waals surface area contributed by atoms with E-state index in [2.05, 4.69) is 5.16 Å². The molecule has 7 heteroatoms. The Kier molecular flexibility index (Phi) is 7.71. The second kappa shape index (κ2) is 10.5. The highest BCUT2D eigenvalue weighted by atomic mass is 19.4. The molecule has 31 heavy (non-hydrogen) atoms. The lowest BCUT2D eigenvalue weighted by Crippen LogP contribution is -2.23. The SMILES string of the molecule is C/C(=N\OCc1ccc(C(F)(F)F)cc1)c1ccc(OCC(=O)C2CCCCC2)cc1. The Morgan fingerprint density at radius 1 is 1.00 bits per heavy atom. The zero-order valence-electron chi connectivity index (χ0n) is 17.5. The number of carbonyl (C=O) groups is 1. The van der Waals surface area contributed by atoms with Crippen LogP contribution in [0, 0.1) is 5.92 Å². The highest BCUT2D eigenvalue weighted by molar-refractivity contribution is 5.98. The largest absolute Gasteiger partial charge is 0.486 e. The maximum Gasteiger partial charge on any atom is 0.416 e. The fraction of sp³-hybridized carbons (Fsp3) is 0.417. The highest BCUT2D eigenvalue weighted by Gasteiger charge is 2.29. The number of halogens is 3. The molecule has 166 valence electrons. The molecule has 1 aliphatic carbocycles. The van der Waals surface area contributed by atoms with Gasteiger partial charge in [0.25, 0.3) is 0 Å². The van der Waals surface area contributed by atoms with Gasteiger partial charge in [-0.2, -0.15) is 13.2 Å². The lowest BCUT2D eigenvalue weighted by atomic mass is 9.86. The van der Waals surface area contributed by atoms with Crippen LogP contribution < -0.4 is 4.74 Å². The van der Waals surface area contributed by atoms with Crippen molar-refractivity contribution in [3.63, 3.8) is 0 Å². The van der Waals surface area contributed by atoms with Gasteiger partial charge in [-0.25, -0.2) is 0 Å². The standard InChI is InChI=1S/C24H26F3NO3/c1-17(28-31-15-18-7-11-21(12-8-18)24(25,26)27)19-9-13-22(14-10-19)30-16-23(29)20-5-3-2-4-6-20/h7-14,20H,2-6,15-16H2,1H3/b28-17+. The van der Waals surface area contributed by atoms with Crippen LogP contribution in [-0.2, 0) is 22.4 Å². The normalized spacial score (nSPS) is 15.5. The van der Waals surface area contributed by atoms with Gasteiger partial charge in [-0.3, -0.25) is 4.79 Å². The molecule has 1 aliphatic rings. The van der Waals surface area contributed by atoms with Crippen molar-refractivity contribution < 1.29 is 27.5 Å². The van der Waals surface area contributed by atoms with Gasteiger partial charge in [0.2, 0.25) is 0 Å². The number of benzene rings is 2. The Labute approximate surface area is 180 Å². The molecule has 0 aromatic heterocycles. The Morgan fingerprint density at radius 2 is 1.65 bits per heavy atom. The predicted molar refractivity (Wildman–Crippen MR) is 112 cm³/mol. The van der Waals surface area contributed by atoms with Crippen LogP contribution in [0.15, 0.2) is 53.7 Å². The van der Waals surface area contributed by atoms with Crippen LogP contribution in [0.5, 0.6) is 5.75 Å². The summed E-state index contributed by atoms with van der Waals surface area (Å²) in [6.45, 7) is 1.93. The van der Waals surface area contributed by atoms with Crippen molar-refractivity contribution in [2.75, 3.05) is 6.61 Å². The van der Waals surface area contributed by atoms with E-state index >= 15 is 0 Å². The molecule has 0 heterocycles. The van der Waals surface area contributed by atoms with Gasteiger partial charge in [0.05, 0.1) is 11.3 Å². The number of alkyl halides is 3. The lowest BCUT2D eigenvalue weighted by molar-refractivity contribution is -0.137. The number of ketones is 1. The molecule has 0 radical (unpaired) electrons. The minimum Gasteiger partial charge on any atom is -0.486 e. The molecule has 1 saturated carbocycles. The van der Waals surface area contributed by atoms with E-state index in [4.69, 9.17) is 9.57 Å². The van der Waals surface area contributed by atoms with E-state index in [9.17, 15) is 18.0 Å². The Balaban J connectivity index is 1.47. The van der Waals surface area contributed by atoms with Crippen LogP contribution in [0.1, 0.15) is 55.7 Å². The van der Waals surface area contributed by atoms with Crippen LogP contribution in [-0.4, -0.2) is 18.1 Å². The summed E-state index contributed by atoms with van der Waals surface area (Å²) >= 11 is 0. The molecule has 0 amide bonds. The number of nitrogens with zero attached hydrogens (tertiary/aromatic N) is 1. The molecule has 0 N–H and O–H groups in total. The molecular weight excluding hydrogens is 407 g/mol. The van der Waals surface area contributed by atoms with Crippen molar-refractivity contribution in [1.29, 1.82) is 0 Å². The second-order valence-corrected chi connectivity index (χ2v) is 7.76. The van der Waals surface area contributed by atoms with Crippen LogP contribution >= 0.6 is 0 Å². The minimum absolute atomic E-state index is 0.0694. The van der Waals surface area contributed by atoms with Gasteiger partial charge in [0.15, 0.2) is 5.78 Å². The average Bonchev–Trinajstić information content (AvgIpc) is 2.78. The molecule has 0 atom stereocenters. The number of Topliss-reactive ketones (excluding diaryl/α,β-unsaturated/α-hetero) is 1. The fourth-order valence-corrected chi connectivity index (χ4v) is 3.54. The first-order valence-electron chi connectivity index (χ1n) is 10.4. The molecule has 3 rings (SSSR count). The number of rotatable bonds is 8. The smallest absolute Gasteiger partial charge is 0.416 e. The number of hydrogen-bond donors (Lipinski definition) is 0. The maximum absolute atomic E-state index is 12.6. The van der Waals surface area contributed by atoms with Gasteiger partial charge in [0.1, 0.15) is 19.0 Å². The van der Waals surface area contributed by atoms with Crippen LogP contribution in [0.4, 0.5) is 13.2 Å². The molecule has 0 saturated heterocycles. The number of ether oxygens (including phenoxy) is 1. The van der Waals surface area contributed by atoms with E-state index in [1.54, 1.807) is 19.1 Å². The third-order valence-electron chi connectivity index (χ3n) is 5.43. The quantitative estimate of drug-likeness (QED) is 0.369. The molecule has 1 fully saturated rings. The van der Waals surface area contributed by atoms with Gasteiger partial charge in [-0.05, 0) is 67.3 Å². The van der Waals surface area contributed by atoms with Gasteiger partial charge in [0, 0.05) is 5.92 Å². The third-order valence-corrected chi connectivity index (χ3v) is 5.43. The summed E-state index contributed by atoms with van der Waals surface area (Å²) in [5.41, 5.74) is 1.34. The lowest BCUT2D eigenvalue weighted by Gasteiger charge is -2.20. The zero-order chi connectivity index (χ0) is 22.3. The van der Waals surface area contributed by atoms with E-state index < -0.39 is 11.7 Å². The second-order valence-electron chi connectivity index (χ2n) is 7.76. The summed E-state index contributed by atoms with van der Waals surface area (Å²) < 4.78 is 43.4. The molecule has 0 spiro atoms. The van der Waals surface area contributed by atoms with Crippen LogP contribution in [0.25, 0.3) is 0 Å². The average molecular weight is 433 g/mol. The highest BCUT2D eigenvalue weighted by Crippen LogP contribution is 2.29. The monoisotopic (exact) mass is 433 g/mol. The van der Waals surface area contributed by atoms with Crippen molar-refractivity contribution in [3.05, 3.63) is 65.2 Å². The first kappa shape index (κ1) is 22.8. The topological polar surface area (TPSA) is 47.9 Å². The van der Waals surface area contributed by atoms with E-state index in [0.717, 1.165) is 43.4 Å². The fourth-order valence-electron chi connectivity index (χ4n) is 3.54. The first-order valence-corrected chi connectivity index (χ1v) is 10.4. The summed E-state index contributed by atoms with van der Waals surface area (Å²) in [6, 6.07) is 12.0. The molecule has 0 aliphatic heterocycles. The summed E-state index contributed by atoms with van der Waals surface area (Å²) in [5, 5.41) is 4.03. The zero-order valence-corrected chi connectivity index (χ0v) is 17.5. The van der Waals surface area contributed by atoms with Crippen molar-refractivity contribution in [2.45, 2.75) is 51.8 Å². The molecule has 2 aromatic rings. The van der Waals surface area contributed by atoms with E-state index in [1.807, 2.05) is 12.1 Å². The van der Waals surface area contributed by atoms with E-state index in [0.29, 0.717) is 17.0 Å². The third kappa shape index (κ3) is 6.84. The molecule has 4 nitrogen and oxygen atoms in total. The molecule has 0 bridgehead atoms. The summed E-state index contributed by atoms with van der Waals surface area (Å²) in [4.78, 5) is 17.5. The Bertz CT molecular complexity index is 884. The van der Waals surface area contributed by atoms with Gasteiger partial charge < -0.3 is 9.57 Å². The molecular formula is C24H26F3NO3. The van der Waals surface area contributed by atoms with E-state index in [-0.39, 0.29) is 24.9 Å². The van der Waals surface area contributed by atoms with Gasteiger partial charge in [-0.1, -0.05) is 36.6 Å². The van der Waals surface area contributed by atoms with Gasteiger partial charge >= 0.3 is 6.18 Å². The Hall–Kier alpha value is -2.83. The summed E-state index contributed by atoms with van der Waals surface area (Å²) in [6.07, 6.45) is 1.01.